The van der Waals surface area contributed by atoms with Crippen molar-refractivity contribution in [3.05, 3.63) is 23.9 Å². The molecule has 0 spiro atoms. The second-order valence-electron chi connectivity index (χ2n) is 6.00. The van der Waals surface area contributed by atoms with Crippen molar-refractivity contribution in [2.45, 2.75) is 19.8 Å². The van der Waals surface area contributed by atoms with Crippen molar-refractivity contribution in [1.82, 2.24) is 9.88 Å². The molecule has 2 saturated heterocycles. The van der Waals surface area contributed by atoms with E-state index in [1.165, 1.54) is 19.4 Å². The largest absolute Gasteiger partial charge is 0.379 e. The number of morpholine rings is 1. The summed E-state index contributed by atoms with van der Waals surface area (Å²) in [6.07, 6.45) is 2.63. The third-order valence-corrected chi connectivity index (χ3v) is 4.34. The fraction of sp³-hybridized carbons (Fsp3) is 0.688. The van der Waals surface area contributed by atoms with Crippen LogP contribution in [-0.2, 0) is 4.74 Å². The Morgan fingerprint density at radius 2 is 2.10 bits per heavy atom. The summed E-state index contributed by atoms with van der Waals surface area (Å²) in [7, 11) is 0. The topological polar surface area (TPSA) is 28.6 Å². The Bertz CT molecular complexity index is 431. The molecule has 1 unspecified atom stereocenters. The van der Waals surface area contributed by atoms with E-state index in [-0.39, 0.29) is 0 Å². The number of piperidine rings is 1. The van der Waals surface area contributed by atoms with E-state index in [1.807, 2.05) is 0 Å². The summed E-state index contributed by atoms with van der Waals surface area (Å²) in [5.41, 5.74) is 1.11. The monoisotopic (exact) mass is 275 g/mol. The minimum Gasteiger partial charge on any atom is -0.379 e. The van der Waals surface area contributed by atoms with Gasteiger partial charge in [0, 0.05) is 38.4 Å². The van der Waals surface area contributed by atoms with Crippen LogP contribution in [0.4, 0.5) is 5.82 Å². The van der Waals surface area contributed by atoms with Crippen molar-refractivity contribution in [2.75, 3.05) is 50.8 Å². The molecule has 2 aliphatic rings. The van der Waals surface area contributed by atoms with Gasteiger partial charge in [0.25, 0.3) is 0 Å². The van der Waals surface area contributed by atoms with Gasteiger partial charge in [0.05, 0.1) is 13.2 Å². The SMILES string of the molecule is Cc1cccc(N2CCCC(CN3CCOCC3)C2)n1. The molecule has 4 nitrogen and oxygen atoms in total. The summed E-state index contributed by atoms with van der Waals surface area (Å²) in [5.74, 6) is 1.92. The standard InChI is InChI=1S/C16H25N3O/c1-14-4-2-6-16(17-14)19-7-3-5-15(13-19)12-18-8-10-20-11-9-18/h2,4,6,15H,3,5,7-13H2,1H3. The van der Waals surface area contributed by atoms with Gasteiger partial charge in [0.15, 0.2) is 0 Å². The zero-order valence-corrected chi connectivity index (χ0v) is 12.4. The number of hydrogen-bond donors (Lipinski definition) is 0. The van der Waals surface area contributed by atoms with Crippen molar-refractivity contribution in [1.29, 1.82) is 0 Å². The van der Waals surface area contributed by atoms with E-state index in [2.05, 4.69) is 39.9 Å². The van der Waals surface area contributed by atoms with Gasteiger partial charge in [-0.2, -0.15) is 0 Å². The van der Waals surface area contributed by atoms with Crippen molar-refractivity contribution >= 4 is 5.82 Å². The second kappa shape index (κ2) is 6.55. The first-order chi connectivity index (χ1) is 9.81. The first-order valence-electron chi connectivity index (χ1n) is 7.80. The van der Waals surface area contributed by atoms with E-state index in [0.29, 0.717) is 0 Å². The van der Waals surface area contributed by atoms with E-state index >= 15 is 0 Å². The highest BCUT2D eigenvalue weighted by Crippen LogP contribution is 2.22. The number of hydrogen-bond acceptors (Lipinski definition) is 4. The van der Waals surface area contributed by atoms with E-state index in [9.17, 15) is 0 Å². The highest BCUT2D eigenvalue weighted by Gasteiger charge is 2.23. The molecule has 1 aromatic heterocycles. The zero-order chi connectivity index (χ0) is 13.8. The normalized spacial score (nSPS) is 24.9. The molecule has 110 valence electrons. The molecule has 1 atom stereocenters. The van der Waals surface area contributed by atoms with Gasteiger partial charge in [-0.3, -0.25) is 4.90 Å². The Kier molecular flexibility index (Phi) is 4.53. The first kappa shape index (κ1) is 13.8. The number of aryl methyl sites for hydroxylation is 1. The molecule has 4 heteroatoms. The minimum atomic E-state index is 0.768. The fourth-order valence-corrected chi connectivity index (χ4v) is 3.28. The molecule has 0 aliphatic carbocycles. The first-order valence-corrected chi connectivity index (χ1v) is 7.80. The van der Waals surface area contributed by atoms with Crippen LogP contribution >= 0.6 is 0 Å². The predicted molar refractivity (Wildman–Crippen MR) is 81.2 cm³/mol. The van der Waals surface area contributed by atoms with Crippen LogP contribution in [0.15, 0.2) is 18.2 Å². The van der Waals surface area contributed by atoms with Gasteiger partial charge >= 0.3 is 0 Å². The number of anilines is 1. The Hall–Kier alpha value is -1.13. The van der Waals surface area contributed by atoms with Crippen LogP contribution in [0.1, 0.15) is 18.5 Å². The molecule has 0 amide bonds. The average molecular weight is 275 g/mol. The smallest absolute Gasteiger partial charge is 0.128 e. The predicted octanol–water partition coefficient (Wildman–Crippen LogP) is 1.94. The molecule has 2 aliphatic heterocycles. The third kappa shape index (κ3) is 3.49. The van der Waals surface area contributed by atoms with Crippen LogP contribution in [0.25, 0.3) is 0 Å². The molecule has 0 N–H and O–H groups in total. The maximum atomic E-state index is 5.43. The molecule has 20 heavy (non-hydrogen) atoms. The summed E-state index contributed by atoms with van der Waals surface area (Å²) in [6, 6.07) is 6.33. The molecule has 1 aromatic rings. The van der Waals surface area contributed by atoms with Crippen LogP contribution in [0, 0.1) is 12.8 Å². The molecule has 2 fully saturated rings. The van der Waals surface area contributed by atoms with Gasteiger partial charge < -0.3 is 9.64 Å². The number of pyridine rings is 1. The van der Waals surface area contributed by atoms with Crippen LogP contribution in [-0.4, -0.2) is 55.8 Å². The Labute approximate surface area is 121 Å². The van der Waals surface area contributed by atoms with Gasteiger partial charge in [-0.15, -0.1) is 0 Å². The molecule has 0 aromatic carbocycles. The Morgan fingerprint density at radius 3 is 2.90 bits per heavy atom. The lowest BCUT2D eigenvalue weighted by atomic mass is 9.97. The second-order valence-corrected chi connectivity index (χ2v) is 6.00. The quantitative estimate of drug-likeness (QED) is 0.843. The molecule has 3 rings (SSSR count). The van der Waals surface area contributed by atoms with E-state index < -0.39 is 0 Å². The van der Waals surface area contributed by atoms with Crippen LogP contribution < -0.4 is 4.90 Å². The van der Waals surface area contributed by atoms with Crippen LogP contribution in [0.3, 0.4) is 0 Å². The summed E-state index contributed by atoms with van der Waals surface area (Å²) in [6.45, 7) is 9.57. The van der Waals surface area contributed by atoms with Crippen molar-refractivity contribution < 1.29 is 4.74 Å². The lowest BCUT2D eigenvalue weighted by molar-refractivity contribution is 0.0296. The van der Waals surface area contributed by atoms with Gasteiger partial charge in [0.2, 0.25) is 0 Å². The summed E-state index contributed by atoms with van der Waals surface area (Å²) in [4.78, 5) is 9.69. The van der Waals surface area contributed by atoms with E-state index in [4.69, 9.17) is 4.74 Å². The molecule has 0 radical (unpaired) electrons. The zero-order valence-electron chi connectivity index (χ0n) is 12.4. The minimum absolute atomic E-state index is 0.768. The number of aromatic nitrogens is 1. The van der Waals surface area contributed by atoms with Crippen molar-refractivity contribution in [3.63, 3.8) is 0 Å². The van der Waals surface area contributed by atoms with Crippen molar-refractivity contribution in [2.24, 2.45) is 5.92 Å². The molecule has 0 saturated carbocycles. The van der Waals surface area contributed by atoms with Gasteiger partial charge in [0.1, 0.15) is 5.82 Å². The fourth-order valence-electron chi connectivity index (χ4n) is 3.28. The molecule has 0 bridgehead atoms. The lowest BCUT2D eigenvalue weighted by Crippen LogP contribution is -2.44. The van der Waals surface area contributed by atoms with E-state index in [1.54, 1.807) is 0 Å². The van der Waals surface area contributed by atoms with Gasteiger partial charge in [-0.25, -0.2) is 4.98 Å². The summed E-state index contributed by atoms with van der Waals surface area (Å²) in [5, 5.41) is 0. The summed E-state index contributed by atoms with van der Waals surface area (Å²) < 4.78 is 5.43. The lowest BCUT2D eigenvalue weighted by Gasteiger charge is -2.37. The Morgan fingerprint density at radius 1 is 1.25 bits per heavy atom. The molecule has 3 heterocycles. The summed E-state index contributed by atoms with van der Waals surface area (Å²) >= 11 is 0. The highest BCUT2D eigenvalue weighted by molar-refractivity contribution is 5.39. The molecular formula is C16H25N3O. The van der Waals surface area contributed by atoms with Gasteiger partial charge in [-0.1, -0.05) is 6.07 Å². The number of ether oxygens (including phenoxy) is 1. The number of rotatable bonds is 3. The molecular weight excluding hydrogens is 250 g/mol. The third-order valence-electron chi connectivity index (χ3n) is 4.34. The van der Waals surface area contributed by atoms with Crippen LogP contribution in [0.5, 0.6) is 0 Å². The number of nitrogens with zero attached hydrogens (tertiary/aromatic N) is 3. The average Bonchev–Trinajstić information content (AvgIpc) is 2.49. The van der Waals surface area contributed by atoms with Gasteiger partial charge in [-0.05, 0) is 37.8 Å². The highest BCUT2D eigenvalue weighted by atomic mass is 16.5. The maximum absolute atomic E-state index is 5.43. The maximum Gasteiger partial charge on any atom is 0.128 e. The van der Waals surface area contributed by atoms with Crippen LogP contribution in [0.2, 0.25) is 0 Å². The van der Waals surface area contributed by atoms with E-state index in [0.717, 1.165) is 56.8 Å². The Balaban J connectivity index is 1.58. The van der Waals surface area contributed by atoms with Crippen molar-refractivity contribution in [3.8, 4) is 0 Å².